The van der Waals surface area contributed by atoms with Crippen LogP contribution in [0.15, 0.2) is 66.1 Å². The van der Waals surface area contributed by atoms with E-state index >= 15 is 0 Å². The predicted molar refractivity (Wildman–Crippen MR) is 115 cm³/mol. The van der Waals surface area contributed by atoms with E-state index in [1.54, 1.807) is 18.2 Å². The molecule has 1 saturated heterocycles. The van der Waals surface area contributed by atoms with Crippen molar-refractivity contribution in [3.63, 3.8) is 0 Å². The zero-order chi connectivity index (χ0) is 21.6. The van der Waals surface area contributed by atoms with Gasteiger partial charge in [0.25, 0.3) is 0 Å². The maximum absolute atomic E-state index is 13.6. The Labute approximate surface area is 176 Å². The van der Waals surface area contributed by atoms with Crippen LogP contribution in [0.5, 0.6) is 0 Å². The van der Waals surface area contributed by atoms with Gasteiger partial charge in [-0.3, -0.25) is 4.90 Å². The van der Waals surface area contributed by atoms with Crippen LogP contribution in [-0.2, 0) is 16.4 Å². The van der Waals surface area contributed by atoms with E-state index in [1.807, 2.05) is 4.90 Å². The van der Waals surface area contributed by atoms with E-state index in [1.165, 1.54) is 36.4 Å². The molecule has 1 fully saturated rings. The van der Waals surface area contributed by atoms with Gasteiger partial charge in [0.05, 0.1) is 4.90 Å². The van der Waals surface area contributed by atoms with Crippen molar-refractivity contribution in [1.29, 1.82) is 0 Å². The van der Waals surface area contributed by atoms with Crippen molar-refractivity contribution in [1.82, 2.24) is 10.2 Å². The van der Waals surface area contributed by atoms with Crippen molar-refractivity contribution < 1.29 is 17.6 Å². The Bertz CT molecular complexity index is 987. The molecule has 6 nitrogen and oxygen atoms in total. The molecule has 1 aliphatic rings. The van der Waals surface area contributed by atoms with Crippen LogP contribution in [-0.4, -0.2) is 37.8 Å². The Hall–Kier alpha value is -2.71. The minimum absolute atomic E-state index is 0.0435. The zero-order valence-corrected chi connectivity index (χ0v) is 17.5. The Kier molecular flexibility index (Phi) is 7.23. The van der Waals surface area contributed by atoms with E-state index < -0.39 is 27.1 Å². The third-order valence-corrected chi connectivity index (χ3v) is 7.16. The highest BCUT2D eigenvalue weighted by atomic mass is 32.2. The number of amides is 2. The normalized spacial score (nSPS) is 15.9. The van der Waals surface area contributed by atoms with Gasteiger partial charge in [0.15, 0.2) is 9.84 Å². The van der Waals surface area contributed by atoms with Crippen molar-refractivity contribution in [2.45, 2.75) is 36.1 Å². The van der Waals surface area contributed by atoms with Crippen molar-refractivity contribution in [3.05, 3.63) is 72.6 Å². The largest absolute Gasteiger partial charge is 0.334 e. The molecule has 0 bridgehead atoms. The summed E-state index contributed by atoms with van der Waals surface area (Å²) in [7, 11) is -3.61. The van der Waals surface area contributed by atoms with Gasteiger partial charge in [0.1, 0.15) is 11.2 Å². The fraction of sp³-hybridized carbons (Fsp3) is 0.318. The first-order valence-electron chi connectivity index (χ1n) is 9.90. The van der Waals surface area contributed by atoms with Gasteiger partial charge in [-0.25, -0.2) is 17.6 Å². The first-order chi connectivity index (χ1) is 14.4. The Balaban J connectivity index is 1.62. The number of halogens is 1. The fourth-order valence-electron chi connectivity index (χ4n) is 3.50. The SMILES string of the molecule is C=CC(N1CCCCC1)S(=O)(=O)c1ccc(NC(=O)NCc2ccccc2F)cc1. The number of nitrogens with zero attached hydrogens (tertiary/aromatic N) is 1. The molecule has 1 heterocycles. The lowest BCUT2D eigenvalue weighted by Gasteiger charge is -2.32. The average molecular weight is 432 g/mol. The monoisotopic (exact) mass is 431 g/mol. The van der Waals surface area contributed by atoms with E-state index in [0.29, 0.717) is 11.3 Å². The minimum atomic E-state index is -3.61. The molecular formula is C22H26FN3O3S. The Morgan fingerprint density at radius 3 is 2.40 bits per heavy atom. The first-order valence-corrected chi connectivity index (χ1v) is 11.5. The van der Waals surface area contributed by atoms with Crippen LogP contribution in [0.2, 0.25) is 0 Å². The summed E-state index contributed by atoms with van der Waals surface area (Å²) in [6.45, 7) is 5.23. The highest BCUT2D eigenvalue weighted by Crippen LogP contribution is 2.24. The molecule has 2 amide bonds. The van der Waals surface area contributed by atoms with Crippen LogP contribution in [0.4, 0.5) is 14.9 Å². The minimum Gasteiger partial charge on any atom is -0.334 e. The summed E-state index contributed by atoms with van der Waals surface area (Å²) in [5, 5.41) is 4.43. The molecule has 1 aliphatic heterocycles. The number of hydrogen-bond acceptors (Lipinski definition) is 4. The standard InChI is InChI=1S/C22H26FN3O3S/c1-2-21(26-14-6-3-7-15-26)30(28,29)19-12-10-18(11-13-19)25-22(27)24-16-17-8-4-5-9-20(17)23/h2,4-5,8-13,21H,1,3,6-7,14-16H2,(H2,24,25,27). The maximum atomic E-state index is 13.6. The highest BCUT2D eigenvalue weighted by molar-refractivity contribution is 7.92. The maximum Gasteiger partial charge on any atom is 0.319 e. The molecule has 1 unspecified atom stereocenters. The lowest BCUT2D eigenvalue weighted by atomic mass is 10.1. The van der Waals surface area contributed by atoms with E-state index in [4.69, 9.17) is 0 Å². The molecule has 0 saturated carbocycles. The van der Waals surface area contributed by atoms with Gasteiger partial charge in [-0.2, -0.15) is 0 Å². The van der Waals surface area contributed by atoms with Crippen LogP contribution in [0, 0.1) is 5.82 Å². The number of carbonyl (C=O) groups excluding carboxylic acids is 1. The van der Waals surface area contributed by atoms with Crippen molar-refractivity contribution in [3.8, 4) is 0 Å². The third kappa shape index (κ3) is 5.25. The molecule has 2 N–H and O–H groups in total. The molecule has 0 spiro atoms. The van der Waals surface area contributed by atoms with Crippen molar-refractivity contribution in [2.24, 2.45) is 0 Å². The second-order valence-corrected chi connectivity index (χ2v) is 9.24. The Morgan fingerprint density at radius 1 is 1.10 bits per heavy atom. The molecule has 8 heteroatoms. The second-order valence-electron chi connectivity index (χ2n) is 7.19. The van der Waals surface area contributed by atoms with Crippen LogP contribution < -0.4 is 10.6 Å². The Morgan fingerprint density at radius 2 is 1.77 bits per heavy atom. The van der Waals surface area contributed by atoms with Gasteiger partial charge in [-0.1, -0.05) is 30.7 Å². The molecule has 3 rings (SSSR count). The molecule has 0 aliphatic carbocycles. The molecule has 1 atom stereocenters. The van der Waals surface area contributed by atoms with Crippen molar-refractivity contribution >= 4 is 21.6 Å². The number of anilines is 1. The van der Waals surface area contributed by atoms with Crippen LogP contribution in [0.3, 0.4) is 0 Å². The highest BCUT2D eigenvalue weighted by Gasteiger charge is 2.31. The molecule has 30 heavy (non-hydrogen) atoms. The smallest absolute Gasteiger partial charge is 0.319 e. The van der Waals surface area contributed by atoms with Gasteiger partial charge in [0, 0.05) is 17.8 Å². The predicted octanol–water partition coefficient (Wildman–Crippen LogP) is 3.92. The summed E-state index contributed by atoms with van der Waals surface area (Å²) in [5.41, 5.74) is 0.815. The van der Waals surface area contributed by atoms with Crippen LogP contribution >= 0.6 is 0 Å². The lowest BCUT2D eigenvalue weighted by molar-refractivity contribution is 0.229. The van der Waals surface area contributed by atoms with E-state index in [2.05, 4.69) is 17.2 Å². The summed E-state index contributed by atoms with van der Waals surface area (Å²) in [6.07, 6.45) is 4.54. The van der Waals surface area contributed by atoms with Gasteiger partial charge < -0.3 is 10.6 Å². The molecule has 0 aromatic heterocycles. The lowest BCUT2D eigenvalue weighted by Crippen LogP contribution is -2.42. The topological polar surface area (TPSA) is 78.5 Å². The van der Waals surface area contributed by atoms with E-state index in [-0.39, 0.29) is 11.4 Å². The number of nitrogens with one attached hydrogen (secondary N) is 2. The molecule has 0 radical (unpaired) electrons. The number of rotatable bonds is 7. The molecule has 2 aromatic rings. The zero-order valence-electron chi connectivity index (χ0n) is 16.7. The number of hydrogen-bond donors (Lipinski definition) is 2. The van der Waals surface area contributed by atoms with E-state index in [9.17, 15) is 17.6 Å². The quantitative estimate of drug-likeness (QED) is 0.652. The molecule has 160 valence electrons. The van der Waals surface area contributed by atoms with Gasteiger partial charge in [-0.05, 0) is 56.3 Å². The van der Waals surface area contributed by atoms with E-state index in [0.717, 1.165) is 32.4 Å². The number of likely N-dealkylation sites (tertiary alicyclic amines) is 1. The third-order valence-electron chi connectivity index (χ3n) is 5.11. The number of carbonyl (C=O) groups is 1. The second kappa shape index (κ2) is 9.86. The molecule has 2 aromatic carbocycles. The van der Waals surface area contributed by atoms with Gasteiger partial charge in [0.2, 0.25) is 0 Å². The fourth-order valence-corrected chi connectivity index (χ4v) is 5.16. The number of sulfone groups is 1. The summed E-state index contributed by atoms with van der Waals surface area (Å²) in [4.78, 5) is 14.2. The van der Waals surface area contributed by atoms with Crippen LogP contribution in [0.1, 0.15) is 24.8 Å². The summed E-state index contributed by atoms with van der Waals surface area (Å²) < 4.78 is 39.7. The summed E-state index contributed by atoms with van der Waals surface area (Å²) in [5.74, 6) is -0.391. The number of piperidine rings is 1. The number of urea groups is 1. The van der Waals surface area contributed by atoms with Crippen LogP contribution in [0.25, 0.3) is 0 Å². The van der Waals surface area contributed by atoms with Crippen molar-refractivity contribution in [2.75, 3.05) is 18.4 Å². The summed E-state index contributed by atoms with van der Waals surface area (Å²) in [6, 6.07) is 11.7. The summed E-state index contributed by atoms with van der Waals surface area (Å²) >= 11 is 0. The number of benzene rings is 2. The first kappa shape index (κ1) is 22.0. The van der Waals surface area contributed by atoms with Gasteiger partial charge >= 0.3 is 6.03 Å². The average Bonchev–Trinajstić information content (AvgIpc) is 2.75. The molecular weight excluding hydrogens is 405 g/mol. The van der Waals surface area contributed by atoms with Gasteiger partial charge in [-0.15, -0.1) is 6.58 Å².